The van der Waals surface area contributed by atoms with Crippen LogP contribution in [0.5, 0.6) is 11.6 Å². The quantitative estimate of drug-likeness (QED) is 0.765. The van der Waals surface area contributed by atoms with Crippen molar-refractivity contribution in [2.24, 2.45) is 0 Å². The van der Waals surface area contributed by atoms with Crippen LogP contribution in [0.4, 0.5) is 0 Å². The van der Waals surface area contributed by atoms with E-state index in [1.807, 2.05) is 18.2 Å². The van der Waals surface area contributed by atoms with Gasteiger partial charge in [0.05, 0.1) is 0 Å². The maximum atomic E-state index is 12.7. The summed E-state index contributed by atoms with van der Waals surface area (Å²) in [6, 6.07) is 8.62. The van der Waals surface area contributed by atoms with Crippen LogP contribution >= 0.6 is 0 Å². The van der Waals surface area contributed by atoms with E-state index in [-0.39, 0.29) is 11.4 Å². The third-order valence-electron chi connectivity index (χ3n) is 4.42. The molecule has 0 spiro atoms. The minimum absolute atomic E-state index is 0.194. The topological polar surface area (TPSA) is 98.2 Å². The summed E-state index contributed by atoms with van der Waals surface area (Å²) in [7, 11) is -3.26. The fraction of sp³-hybridized carbons (Fsp3) is 0.350. The molecule has 148 valence electrons. The first-order valence-corrected chi connectivity index (χ1v) is 11.1. The standard InChI is InChI=1S/C20H23N3O4S/c1-14(11-12-28(2,25)26)22-19(24)17-13-21-18(15-7-6-8-15)23-20(17)27-16-9-4-3-5-10-16/h3-5,9-15H,6-8H2,1-2H3,(H,22,24). The molecule has 28 heavy (non-hydrogen) atoms. The maximum Gasteiger partial charge on any atom is 0.258 e. The lowest BCUT2D eigenvalue weighted by molar-refractivity contribution is 0.0943. The summed E-state index contributed by atoms with van der Waals surface area (Å²) >= 11 is 0. The average Bonchev–Trinajstić information content (AvgIpc) is 2.59. The van der Waals surface area contributed by atoms with E-state index in [4.69, 9.17) is 4.74 Å². The molecule has 1 aromatic heterocycles. The third kappa shape index (κ3) is 5.39. The van der Waals surface area contributed by atoms with Gasteiger partial charge in [-0.15, -0.1) is 0 Å². The first-order chi connectivity index (χ1) is 13.3. The van der Waals surface area contributed by atoms with E-state index in [2.05, 4.69) is 15.3 Å². The van der Waals surface area contributed by atoms with Crippen molar-refractivity contribution >= 4 is 15.7 Å². The predicted octanol–water partition coefficient (Wildman–Crippen LogP) is 3.21. The molecule has 3 rings (SSSR count). The number of carbonyl (C=O) groups excluding carboxylic acids is 1. The lowest BCUT2D eigenvalue weighted by atomic mass is 9.85. The van der Waals surface area contributed by atoms with Crippen LogP contribution in [-0.4, -0.2) is 36.6 Å². The Bertz CT molecular complexity index is 970. The van der Waals surface area contributed by atoms with Gasteiger partial charge in [0.25, 0.3) is 5.91 Å². The van der Waals surface area contributed by atoms with E-state index in [1.54, 1.807) is 19.1 Å². The summed E-state index contributed by atoms with van der Waals surface area (Å²) in [5.74, 6) is 1.31. The summed E-state index contributed by atoms with van der Waals surface area (Å²) in [5.41, 5.74) is 0.200. The Hall–Kier alpha value is -2.74. The zero-order chi connectivity index (χ0) is 20.1. The number of aromatic nitrogens is 2. The lowest BCUT2D eigenvalue weighted by Crippen LogP contribution is -2.32. The van der Waals surface area contributed by atoms with Crippen molar-refractivity contribution in [3.8, 4) is 11.6 Å². The van der Waals surface area contributed by atoms with Gasteiger partial charge in [0.15, 0.2) is 9.84 Å². The molecule has 1 aromatic carbocycles. The largest absolute Gasteiger partial charge is 0.438 e. The van der Waals surface area contributed by atoms with E-state index in [0.717, 1.165) is 30.9 Å². The summed E-state index contributed by atoms with van der Waals surface area (Å²) < 4.78 is 28.3. The van der Waals surface area contributed by atoms with Crippen molar-refractivity contribution < 1.29 is 17.9 Å². The van der Waals surface area contributed by atoms with E-state index in [9.17, 15) is 13.2 Å². The predicted molar refractivity (Wildman–Crippen MR) is 106 cm³/mol. The zero-order valence-electron chi connectivity index (χ0n) is 15.8. The Labute approximate surface area is 164 Å². The van der Waals surface area contributed by atoms with Crippen molar-refractivity contribution in [2.75, 3.05) is 6.26 Å². The molecule has 1 aliphatic rings. The van der Waals surface area contributed by atoms with Gasteiger partial charge in [0.1, 0.15) is 17.1 Å². The van der Waals surface area contributed by atoms with Gasteiger partial charge in [-0.05, 0) is 31.9 Å². The van der Waals surface area contributed by atoms with E-state index >= 15 is 0 Å². The Kier molecular flexibility index (Phi) is 6.08. The molecule has 0 aliphatic heterocycles. The molecule has 1 amide bonds. The summed E-state index contributed by atoms with van der Waals surface area (Å²) in [6.45, 7) is 1.68. The maximum absolute atomic E-state index is 12.7. The second-order valence-corrected chi connectivity index (χ2v) is 8.84. The molecule has 0 bridgehead atoms. The van der Waals surface area contributed by atoms with E-state index in [1.165, 1.54) is 12.3 Å². The number of hydrogen-bond acceptors (Lipinski definition) is 6. The molecular weight excluding hydrogens is 378 g/mol. The Morgan fingerprint density at radius 2 is 2.00 bits per heavy atom. The van der Waals surface area contributed by atoms with Gasteiger partial charge < -0.3 is 10.1 Å². The number of amides is 1. The number of hydrogen-bond donors (Lipinski definition) is 1. The van der Waals surface area contributed by atoms with Gasteiger partial charge >= 0.3 is 0 Å². The SMILES string of the molecule is CC(C=CS(C)(=O)=O)NC(=O)c1cnc(C2CCC2)nc1Oc1ccccc1. The highest BCUT2D eigenvalue weighted by Gasteiger charge is 2.25. The third-order valence-corrected chi connectivity index (χ3v) is 5.07. The molecule has 7 nitrogen and oxygen atoms in total. The van der Waals surface area contributed by atoms with Gasteiger partial charge in [-0.1, -0.05) is 30.7 Å². The Morgan fingerprint density at radius 3 is 2.61 bits per heavy atom. The first-order valence-electron chi connectivity index (χ1n) is 9.11. The average molecular weight is 401 g/mol. The summed E-state index contributed by atoms with van der Waals surface area (Å²) in [5, 5.41) is 3.79. The van der Waals surface area contributed by atoms with Crippen molar-refractivity contribution in [3.63, 3.8) is 0 Å². The van der Waals surface area contributed by atoms with Crippen molar-refractivity contribution in [1.29, 1.82) is 0 Å². The van der Waals surface area contributed by atoms with Crippen LogP contribution in [0.25, 0.3) is 0 Å². The molecule has 1 unspecified atom stereocenters. The zero-order valence-corrected chi connectivity index (χ0v) is 16.6. The molecule has 1 N–H and O–H groups in total. The number of rotatable bonds is 7. The van der Waals surface area contributed by atoms with Crippen LogP contribution < -0.4 is 10.1 Å². The van der Waals surface area contributed by atoms with Gasteiger partial charge in [-0.3, -0.25) is 4.79 Å². The number of para-hydroxylation sites is 1. The van der Waals surface area contributed by atoms with Crippen LogP contribution in [0.15, 0.2) is 48.0 Å². The van der Waals surface area contributed by atoms with Gasteiger partial charge in [-0.25, -0.2) is 13.4 Å². The molecule has 1 saturated carbocycles. The van der Waals surface area contributed by atoms with Gasteiger partial charge in [0, 0.05) is 29.8 Å². The number of carbonyl (C=O) groups is 1. The molecule has 0 radical (unpaired) electrons. The Morgan fingerprint density at radius 1 is 1.29 bits per heavy atom. The highest BCUT2D eigenvalue weighted by molar-refractivity contribution is 7.93. The smallest absolute Gasteiger partial charge is 0.258 e. The monoisotopic (exact) mass is 401 g/mol. The lowest BCUT2D eigenvalue weighted by Gasteiger charge is -2.24. The molecule has 8 heteroatoms. The highest BCUT2D eigenvalue weighted by Crippen LogP contribution is 2.35. The summed E-state index contributed by atoms with van der Waals surface area (Å²) in [6.07, 6.45) is 7.19. The van der Waals surface area contributed by atoms with Crippen LogP contribution in [0, 0.1) is 0 Å². The molecule has 1 aliphatic carbocycles. The van der Waals surface area contributed by atoms with Crippen molar-refractivity contribution in [2.45, 2.75) is 38.1 Å². The van der Waals surface area contributed by atoms with Crippen molar-refractivity contribution in [1.82, 2.24) is 15.3 Å². The number of nitrogens with zero attached hydrogens (tertiary/aromatic N) is 2. The molecule has 1 fully saturated rings. The molecule has 2 aromatic rings. The Balaban J connectivity index is 1.83. The van der Waals surface area contributed by atoms with Crippen LogP contribution in [0.3, 0.4) is 0 Å². The minimum Gasteiger partial charge on any atom is -0.438 e. The molecule has 1 atom stereocenters. The molecule has 1 heterocycles. The van der Waals surface area contributed by atoms with E-state index in [0.29, 0.717) is 17.5 Å². The fourth-order valence-electron chi connectivity index (χ4n) is 2.67. The minimum atomic E-state index is -3.26. The number of nitrogens with one attached hydrogen (secondary N) is 1. The highest BCUT2D eigenvalue weighted by atomic mass is 32.2. The number of sulfone groups is 1. The normalized spacial score (nSPS) is 15.8. The second kappa shape index (κ2) is 8.52. The summed E-state index contributed by atoms with van der Waals surface area (Å²) in [4.78, 5) is 21.5. The van der Waals surface area contributed by atoms with Crippen LogP contribution in [0.2, 0.25) is 0 Å². The van der Waals surface area contributed by atoms with E-state index < -0.39 is 21.8 Å². The second-order valence-electron chi connectivity index (χ2n) is 6.91. The van der Waals surface area contributed by atoms with Crippen LogP contribution in [-0.2, 0) is 9.84 Å². The number of benzene rings is 1. The van der Waals surface area contributed by atoms with Crippen LogP contribution in [0.1, 0.15) is 48.3 Å². The fourth-order valence-corrected chi connectivity index (χ4v) is 3.19. The number of ether oxygens (including phenoxy) is 1. The van der Waals surface area contributed by atoms with Gasteiger partial charge in [0.2, 0.25) is 5.88 Å². The van der Waals surface area contributed by atoms with Gasteiger partial charge in [-0.2, -0.15) is 4.98 Å². The molecule has 0 saturated heterocycles. The molecular formula is C20H23N3O4S. The van der Waals surface area contributed by atoms with Crippen molar-refractivity contribution in [3.05, 3.63) is 59.4 Å². The first kappa shape index (κ1) is 20.0.